The monoisotopic (exact) mass is 870 g/mol. The van der Waals surface area contributed by atoms with Gasteiger partial charge in [-0.05, 0) is 97.7 Å². The van der Waals surface area contributed by atoms with E-state index in [0.717, 1.165) is 11.3 Å². The van der Waals surface area contributed by atoms with Gasteiger partial charge in [-0.1, -0.05) is 38.1 Å². The highest BCUT2D eigenvalue weighted by molar-refractivity contribution is 6.00. The molecule has 1 aromatic carbocycles. The number of carbonyl (C=O) groups is 3. The van der Waals surface area contributed by atoms with Crippen molar-refractivity contribution in [3.63, 3.8) is 0 Å². The highest BCUT2D eigenvalue weighted by atomic mass is 16.7. The van der Waals surface area contributed by atoms with Crippen LogP contribution in [0.5, 0.6) is 0 Å². The third-order valence-electron chi connectivity index (χ3n) is 13.8. The Bertz CT molecular complexity index is 1850. The molecule has 14 atom stereocenters. The number of hydrogen-bond donors (Lipinski definition) is 4. The quantitative estimate of drug-likeness (QED) is 0.110. The van der Waals surface area contributed by atoms with Gasteiger partial charge in [0.05, 0.1) is 36.2 Å². The first-order valence-electron chi connectivity index (χ1n) is 22.6. The molecule has 0 spiro atoms. The minimum Gasteiger partial charge on any atom is -0.458 e. The van der Waals surface area contributed by atoms with Gasteiger partial charge in [0.25, 0.3) is 0 Å². The average molecular weight is 870 g/mol. The lowest BCUT2D eigenvalue weighted by Crippen LogP contribution is -2.61. The van der Waals surface area contributed by atoms with E-state index in [2.05, 4.69) is 27.5 Å². The summed E-state index contributed by atoms with van der Waals surface area (Å²) in [6.07, 6.45) is -0.0154. The van der Waals surface area contributed by atoms with Gasteiger partial charge in [0, 0.05) is 62.5 Å². The molecular formula is C45H71N7O10. The number of methoxy groups -OCH3 is 1. The number of nitrogen functional groups attached to an aromatic ring is 1. The van der Waals surface area contributed by atoms with E-state index in [9.17, 15) is 24.6 Å². The molecule has 346 valence electrons. The number of aromatic nitrogens is 3. The molecule has 6 rings (SSSR count). The number of hydrogen-bond acceptors (Lipinski definition) is 15. The van der Waals surface area contributed by atoms with E-state index in [4.69, 9.17) is 29.4 Å². The van der Waals surface area contributed by atoms with Gasteiger partial charge < -0.3 is 44.9 Å². The number of rotatable bonds is 11. The van der Waals surface area contributed by atoms with Gasteiger partial charge in [-0.3, -0.25) is 24.1 Å². The van der Waals surface area contributed by atoms with Crippen LogP contribution in [0, 0.1) is 17.8 Å². The number of cyclic esters (lactones) is 1. The van der Waals surface area contributed by atoms with E-state index in [-0.39, 0.29) is 24.1 Å². The number of Topliss-reactive ketones (excluding diaryl/α,β-unsaturated/α-hetero) is 1. The number of nitrogens with zero attached hydrogens (tertiary/aromatic N) is 5. The van der Waals surface area contributed by atoms with Gasteiger partial charge in [0.1, 0.15) is 23.8 Å². The third kappa shape index (κ3) is 10.3. The maximum Gasteiger partial charge on any atom is 0.410 e. The molecule has 17 nitrogen and oxygen atoms in total. The van der Waals surface area contributed by atoms with E-state index in [1.165, 1.54) is 6.92 Å². The standard InChI is InChI=1S/C45H71N7O10/c1-10-36-45(8)39(52(43(57)62-45)18-12-11-17-51-25-34(48-49-51)31-14-13-15-32(46)21-31)30(6)47-23-26(2)22-44(7,58-9)40(28(4)37(54)29(5)41(56)60-36)61-42-38(55)35(20-27(3)59-42)50-19-16-33(53)24-50/h13-15,21,25-30,33,35-36,38-40,42,47,53,55H,10-12,16-20,22-24,46H2,1-9H3/t26-,27-,28+,29-,30-,33+,35?,36-,38?,39-,40-,42+,44-,45-/m1/s1. The molecular weight excluding hydrogens is 799 g/mol. The zero-order chi connectivity index (χ0) is 45.1. The minimum atomic E-state index is -1.25. The molecule has 0 aliphatic carbocycles. The lowest BCUT2D eigenvalue weighted by Gasteiger charge is -2.47. The first kappa shape index (κ1) is 47.8. The van der Waals surface area contributed by atoms with Gasteiger partial charge in [-0.25, -0.2) is 4.79 Å². The Labute approximate surface area is 366 Å². The number of likely N-dealkylation sites (tertiary alicyclic amines) is 1. The number of fused-ring (bicyclic) bond motifs is 1. The summed E-state index contributed by atoms with van der Waals surface area (Å²) in [5.41, 5.74) is 5.89. The average Bonchev–Trinajstić information content (AvgIpc) is 3.96. The second-order valence-corrected chi connectivity index (χ2v) is 18.8. The topological polar surface area (TPSA) is 213 Å². The van der Waals surface area contributed by atoms with Crippen molar-refractivity contribution in [2.24, 2.45) is 17.8 Å². The first-order chi connectivity index (χ1) is 29.4. The molecule has 0 radical (unpaired) electrons. The molecule has 4 saturated heterocycles. The van der Waals surface area contributed by atoms with Crippen LogP contribution in [0.2, 0.25) is 0 Å². The summed E-state index contributed by atoms with van der Waals surface area (Å²) in [5, 5.41) is 34.3. The van der Waals surface area contributed by atoms with Crippen molar-refractivity contribution in [3.05, 3.63) is 30.5 Å². The van der Waals surface area contributed by atoms with Crippen molar-refractivity contribution < 1.29 is 48.3 Å². The highest BCUT2D eigenvalue weighted by Crippen LogP contribution is 2.40. The molecule has 1 aromatic heterocycles. The van der Waals surface area contributed by atoms with Crippen LogP contribution in [-0.4, -0.2) is 152 Å². The summed E-state index contributed by atoms with van der Waals surface area (Å²) in [4.78, 5) is 46.2. The molecule has 2 unspecified atom stereocenters. The fourth-order valence-corrected chi connectivity index (χ4v) is 10.4. The van der Waals surface area contributed by atoms with Crippen molar-refractivity contribution in [2.75, 3.05) is 39.0 Å². The molecule has 17 heteroatoms. The summed E-state index contributed by atoms with van der Waals surface area (Å²) in [7, 11) is 1.58. The number of aryl methyl sites for hydroxylation is 1. The van der Waals surface area contributed by atoms with Crippen LogP contribution in [0.3, 0.4) is 0 Å². The molecule has 4 aliphatic rings. The van der Waals surface area contributed by atoms with Crippen molar-refractivity contribution in [3.8, 4) is 11.3 Å². The van der Waals surface area contributed by atoms with Gasteiger partial charge in [0.2, 0.25) is 0 Å². The number of benzene rings is 1. The Balaban J connectivity index is 1.21. The lowest BCUT2D eigenvalue weighted by atomic mass is 9.78. The molecule has 4 aliphatic heterocycles. The van der Waals surface area contributed by atoms with Crippen LogP contribution < -0.4 is 11.1 Å². The SMILES string of the molecule is CC[C@H]1OC(=O)[C@H](C)C(=O)[C@H](C)[C@@H](O[C@@H]2O[C@H](C)CC(N3CC[C@H](O)C3)C2O)[C@](C)(OC)C[C@@H](C)CN[C@H](C)[C@H]2N(CCCCn3cc(-c4cccc(N)c4)nn3)C(=O)O[C@]12C. The van der Waals surface area contributed by atoms with Gasteiger partial charge in [-0.15, -0.1) is 5.10 Å². The summed E-state index contributed by atoms with van der Waals surface area (Å²) >= 11 is 0. The number of amides is 1. The number of ether oxygens (including phenoxy) is 5. The second-order valence-electron chi connectivity index (χ2n) is 18.8. The molecule has 5 heterocycles. The van der Waals surface area contributed by atoms with E-state index < -0.39 is 77.6 Å². The number of unbranched alkanes of at least 4 members (excludes halogenated alkanes) is 1. The summed E-state index contributed by atoms with van der Waals surface area (Å²) in [6.45, 7) is 17.4. The van der Waals surface area contributed by atoms with E-state index in [1.54, 1.807) is 23.6 Å². The van der Waals surface area contributed by atoms with E-state index >= 15 is 0 Å². The predicted molar refractivity (Wildman–Crippen MR) is 230 cm³/mol. The van der Waals surface area contributed by atoms with Crippen LogP contribution in [0.4, 0.5) is 10.5 Å². The third-order valence-corrected chi connectivity index (χ3v) is 13.8. The Morgan fingerprint density at radius 2 is 1.81 bits per heavy atom. The molecule has 0 bridgehead atoms. The fourth-order valence-electron chi connectivity index (χ4n) is 10.4. The van der Waals surface area contributed by atoms with E-state index in [0.29, 0.717) is 76.9 Å². The predicted octanol–water partition coefficient (Wildman–Crippen LogP) is 3.79. The van der Waals surface area contributed by atoms with Crippen LogP contribution in [0.1, 0.15) is 93.9 Å². The Morgan fingerprint density at radius 1 is 1.06 bits per heavy atom. The van der Waals surface area contributed by atoms with Crippen LogP contribution in [0.25, 0.3) is 11.3 Å². The van der Waals surface area contributed by atoms with Crippen LogP contribution in [0.15, 0.2) is 30.5 Å². The molecule has 0 saturated carbocycles. The molecule has 1 amide bonds. The number of aliphatic hydroxyl groups is 2. The smallest absolute Gasteiger partial charge is 0.410 e. The zero-order valence-electron chi connectivity index (χ0n) is 38.1. The summed E-state index contributed by atoms with van der Waals surface area (Å²) < 4.78 is 33.5. The second kappa shape index (κ2) is 20.0. The molecule has 5 N–H and O–H groups in total. The molecule has 4 fully saturated rings. The minimum absolute atomic E-state index is 0.0363. The number of carbonyl (C=O) groups excluding carboxylic acids is 3. The number of esters is 1. The van der Waals surface area contributed by atoms with Crippen molar-refractivity contribution >= 4 is 23.5 Å². The van der Waals surface area contributed by atoms with Crippen LogP contribution >= 0.6 is 0 Å². The fraction of sp³-hybridized carbons (Fsp3) is 0.756. The Kier molecular flexibility index (Phi) is 15.4. The Morgan fingerprint density at radius 3 is 2.48 bits per heavy atom. The number of nitrogens with one attached hydrogen (secondary N) is 1. The van der Waals surface area contributed by atoms with Crippen LogP contribution in [-0.2, 0) is 39.8 Å². The molecule has 62 heavy (non-hydrogen) atoms. The highest BCUT2D eigenvalue weighted by Gasteiger charge is 2.59. The maximum atomic E-state index is 14.5. The normalized spacial score (nSPS) is 38.0. The largest absolute Gasteiger partial charge is 0.458 e. The Hall–Kier alpha value is -3.71. The van der Waals surface area contributed by atoms with Crippen molar-refractivity contribution in [2.45, 2.75) is 167 Å². The maximum absolute atomic E-state index is 14.5. The number of β-amino-alcohol motifs (C(OH)–C–C–N with tert-alkyl or cyclic N) is 1. The van der Waals surface area contributed by atoms with Gasteiger partial charge in [0.15, 0.2) is 17.7 Å². The summed E-state index contributed by atoms with van der Waals surface area (Å²) in [6, 6.07) is 6.33. The number of anilines is 1. The zero-order valence-corrected chi connectivity index (χ0v) is 38.1. The van der Waals surface area contributed by atoms with Gasteiger partial charge >= 0.3 is 12.1 Å². The number of aliphatic hydroxyl groups excluding tert-OH is 2. The van der Waals surface area contributed by atoms with Crippen molar-refractivity contribution in [1.29, 1.82) is 0 Å². The number of ketones is 1. The number of nitrogens with two attached hydrogens (primary N) is 1. The first-order valence-corrected chi connectivity index (χ1v) is 22.6. The van der Waals surface area contributed by atoms with Crippen molar-refractivity contribution in [1.82, 2.24) is 30.1 Å². The summed E-state index contributed by atoms with van der Waals surface area (Å²) in [5.74, 6) is -3.28. The molecule has 2 aromatic rings. The van der Waals surface area contributed by atoms with Gasteiger partial charge in [-0.2, -0.15) is 0 Å². The lowest BCUT2D eigenvalue weighted by molar-refractivity contribution is -0.296. The van der Waals surface area contributed by atoms with E-state index in [1.807, 2.05) is 65.1 Å².